The van der Waals surface area contributed by atoms with Gasteiger partial charge in [-0.25, -0.2) is 4.68 Å². The summed E-state index contributed by atoms with van der Waals surface area (Å²) in [6.45, 7) is 6.38. The van der Waals surface area contributed by atoms with E-state index in [-0.39, 0.29) is 22.8 Å². The molecule has 1 atom stereocenters. The quantitative estimate of drug-likeness (QED) is 0.802. The zero-order chi connectivity index (χ0) is 15.9. The summed E-state index contributed by atoms with van der Waals surface area (Å²) in [4.78, 5) is 26.0. The maximum absolute atomic E-state index is 12.3. The smallest absolute Gasteiger partial charge is 0.277 e. The summed E-state index contributed by atoms with van der Waals surface area (Å²) in [7, 11) is 3.03. The summed E-state index contributed by atoms with van der Waals surface area (Å²) >= 11 is 0. The predicted octanol–water partition coefficient (Wildman–Crippen LogP) is 0.220. The van der Waals surface area contributed by atoms with Crippen molar-refractivity contribution in [2.75, 3.05) is 32.4 Å². The Morgan fingerprint density at radius 3 is 2.48 bits per heavy atom. The zero-order valence-corrected chi connectivity index (χ0v) is 13.0. The highest BCUT2D eigenvalue weighted by molar-refractivity contribution is 5.96. The normalized spacial score (nSPS) is 19.1. The second kappa shape index (κ2) is 5.40. The summed E-state index contributed by atoms with van der Waals surface area (Å²) < 4.78 is 6.75. The third kappa shape index (κ3) is 1.99. The molecule has 0 fully saturated rings. The lowest BCUT2D eigenvalue weighted by Gasteiger charge is -2.35. The molecule has 2 aliphatic heterocycles. The monoisotopic (exact) mass is 295 g/mol. The molecular weight excluding hydrogens is 274 g/mol. The van der Waals surface area contributed by atoms with Gasteiger partial charge in [0.05, 0.1) is 19.3 Å². The molecule has 0 bridgehead atoms. The van der Waals surface area contributed by atoms with Crippen LogP contribution < -0.4 is 15.2 Å². The number of carbonyl (C=O) groups is 1. The van der Waals surface area contributed by atoms with E-state index >= 15 is 0 Å². The lowest BCUT2D eigenvalue weighted by atomic mass is 10.1. The molecule has 3 heterocycles. The van der Waals surface area contributed by atoms with Gasteiger partial charge in [0.1, 0.15) is 12.8 Å². The number of pyridine rings is 1. The molecule has 116 valence electrons. The summed E-state index contributed by atoms with van der Waals surface area (Å²) in [5.74, 6) is -0.238. The van der Waals surface area contributed by atoms with Crippen molar-refractivity contribution in [1.29, 1.82) is 0 Å². The van der Waals surface area contributed by atoms with Crippen LogP contribution in [-0.4, -0.2) is 48.0 Å². The topological polar surface area (TPSA) is 75.0 Å². The predicted molar refractivity (Wildman–Crippen MR) is 78.3 cm³/mol. The standard InChI is InChI=1S/C12H15N3O4.C2H6/c1-6-8-7(16)4-14-5-13(2)12(18)9(15(8)14)11(19-3)10(6)17;1-2/h7,16H,4-5H2,1-3H3;1-2H3. The molecule has 0 aromatic carbocycles. The van der Waals surface area contributed by atoms with Crippen LogP contribution in [0.3, 0.4) is 0 Å². The van der Waals surface area contributed by atoms with Gasteiger partial charge in [-0.3, -0.25) is 14.6 Å². The molecule has 0 aliphatic carbocycles. The molecule has 0 saturated heterocycles. The van der Waals surface area contributed by atoms with Gasteiger partial charge in [0.15, 0.2) is 11.4 Å². The van der Waals surface area contributed by atoms with Crippen LogP contribution in [0.5, 0.6) is 5.75 Å². The molecular formula is C14H21N3O4. The Balaban J connectivity index is 0.000000774. The fraction of sp³-hybridized carbons (Fsp3) is 0.571. The summed E-state index contributed by atoms with van der Waals surface area (Å²) in [6, 6.07) is 0. The van der Waals surface area contributed by atoms with E-state index in [2.05, 4.69) is 0 Å². The van der Waals surface area contributed by atoms with Gasteiger partial charge in [0.25, 0.3) is 5.91 Å². The van der Waals surface area contributed by atoms with Crippen molar-refractivity contribution in [3.8, 4) is 5.75 Å². The van der Waals surface area contributed by atoms with E-state index in [1.54, 1.807) is 18.6 Å². The molecule has 7 heteroatoms. The molecule has 0 saturated carbocycles. The third-order valence-corrected chi connectivity index (χ3v) is 3.70. The van der Waals surface area contributed by atoms with Gasteiger partial charge in [0.2, 0.25) is 5.43 Å². The molecule has 1 amide bonds. The number of aromatic nitrogens is 1. The third-order valence-electron chi connectivity index (χ3n) is 3.70. The van der Waals surface area contributed by atoms with Crippen LogP contribution in [0.25, 0.3) is 0 Å². The van der Waals surface area contributed by atoms with Gasteiger partial charge in [-0.1, -0.05) is 13.8 Å². The first-order chi connectivity index (χ1) is 9.97. The maximum Gasteiger partial charge on any atom is 0.277 e. The van der Waals surface area contributed by atoms with Crippen LogP contribution in [0.2, 0.25) is 0 Å². The summed E-state index contributed by atoms with van der Waals surface area (Å²) in [5.41, 5.74) is 0.766. The molecule has 21 heavy (non-hydrogen) atoms. The van der Waals surface area contributed by atoms with E-state index in [1.807, 2.05) is 18.9 Å². The highest BCUT2D eigenvalue weighted by atomic mass is 16.5. The number of hydrogen-bond acceptors (Lipinski definition) is 5. The average Bonchev–Trinajstić information content (AvgIpc) is 2.80. The van der Waals surface area contributed by atoms with E-state index in [1.165, 1.54) is 12.0 Å². The van der Waals surface area contributed by atoms with Crippen LogP contribution in [0.4, 0.5) is 0 Å². The van der Waals surface area contributed by atoms with Crippen molar-refractivity contribution in [1.82, 2.24) is 9.58 Å². The first kappa shape index (κ1) is 15.4. The molecule has 2 aliphatic rings. The number of aliphatic hydroxyl groups excluding tert-OH is 1. The van der Waals surface area contributed by atoms with Crippen molar-refractivity contribution in [2.24, 2.45) is 0 Å². The average molecular weight is 295 g/mol. The molecule has 0 spiro atoms. The van der Waals surface area contributed by atoms with Crippen LogP contribution in [0.15, 0.2) is 4.79 Å². The van der Waals surface area contributed by atoms with Gasteiger partial charge < -0.3 is 14.7 Å². The van der Waals surface area contributed by atoms with Crippen molar-refractivity contribution in [2.45, 2.75) is 26.9 Å². The van der Waals surface area contributed by atoms with Crippen LogP contribution >= 0.6 is 0 Å². The van der Waals surface area contributed by atoms with Crippen molar-refractivity contribution < 1.29 is 14.6 Å². The van der Waals surface area contributed by atoms with Crippen LogP contribution in [-0.2, 0) is 0 Å². The SMILES string of the molecule is CC.COc1c2n3c(c(C)c1=O)C(O)CN3CN(C)C2=O. The Hall–Kier alpha value is -2.02. The molecule has 1 unspecified atom stereocenters. The number of hydrogen-bond donors (Lipinski definition) is 1. The zero-order valence-electron chi connectivity index (χ0n) is 13.0. The van der Waals surface area contributed by atoms with Gasteiger partial charge in [-0.2, -0.15) is 0 Å². The summed E-state index contributed by atoms with van der Waals surface area (Å²) in [5, 5.41) is 11.9. The van der Waals surface area contributed by atoms with Crippen molar-refractivity contribution >= 4 is 5.91 Å². The Labute approximate surface area is 123 Å². The van der Waals surface area contributed by atoms with Gasteiger partial charge >= 0.3 is 0 Å². The highest BCUT2D eigenvalue weighted by Crippen LogP contribution is 2.32. The lowest BCUT2D eigenvalue weighted by molar-refractivity contribution is 0.0736. The van der Waals surface area contributed by atoms with Gasteiger partial charge in [-0.15, -0.1) is 0 Å². The Kier molecular flexibility index (Phi) is 3.95. The fourth-order valence-corrected chi connectivity index (χ4v) is 2.81. The molecule has 0 radical (unpaired) electrons. The lowest BCUT2D eigenvalue weighted by Crippen LogP contribution is -2.51. The van der Waals surface area contributed by atoms with Crippen molar-refractivity contribution in [3.63, 3.8) is 0 Å². The number of rotatable bonds is 1. The Morgan fingerprint density at radius 2 is 1.90 bits per heavy atom. The first-order valence-corrected chi connectivity index (χ1v) is 6.99. The number of carbonyl (C=O) groups excluding carboxylic acids is 1. The highest BCUT2D eigenvalue weighted by Gasteiger charge is 2.40. The van der Waals surface area contributed by atoms with Crippen LogP contribution in [0, 0.1) is 6.92 Å². The Bertz CT molecular complexity index is 638. The second-order valence-corrected chi connectivity index (χ2v) is 4.88. The number of methoxy groups -OCH3 is 1. The molecule has 1 N–H and O–H groups in total. The van der Waals surface area contributed by atoms with Gasteiger partial charge in [-0.05, 0) is 6.92 Å². The largest absolute Gasteiger partial charge is 0.491 e. The number of aliphatic hydroxyl groups is 1. The Morgan fingerprint density at radius 1 is 1.29 bits per heavy atom. The van der Waals surface area contributed by atoms with E-state index < -0.39 is 6.10 Å². The van der Waals surface area contributed by atoms with E-state index in [0.29, 0.717) is 24.5 Å². The van der Waals surface area contributed by atoms with Gasteiger partial charge in [0, 0.05) is 12.6 Å². The van der Waals surface area contributed by atoms with E-state index in [9.17, 15) is 14.7 Å². The van der Waals surface area contributed by atoms with E-state index in [0.717, 1.165) is 0 Å². The number of amides is 1. The fourth-order valence-electron chi connectivity index (χ4n) is 2.81. The van der Waals surface area contributed by atoms with Crippen LogP contribution in [0.1, 0.15) is 41.7 Å². The van der Waals surface area contributed by atoms with Crippen molar-refractivity contribution in [3.05, 3.63) is 27.2 Å². The molecule has 1 aromatic rings. The number of nitrogens with zero attached hydrogens (tertiary/aromatic N) is 3. The minimum atomic E-state index is -0.767. The summed E-state index contributed by atoms with van der Waals surface area (Å²) in [6.07, 6.45) is -0.767. The molecule has 3 rings (SSSR count). The minimum Gasteiger partial charge on any atom is -0.491 e. The molecule has 7 nitrogen and oxygen atoms in total. The number of ether oxygens (including phenoxy) is 1. The maximum atomic E-state index is 12.3. The first-order valence-electron chi connectivity index (χ1n) is 6.99. The minimum absolute atomic E-state index is 0.0388. The van der Waals surface area contributed by atoms with E-state index in [4.69, 9.17) is 4.74 Å². The second-order valence-electron chi connectivity index (χ2n) is 4.88. The molecule has 1 aromatic heterocycles.